The zero-order valence-corrected chi connectivity index (χ0v) is 14.4. The van der Waals surface area contributed by atoms with E-state index in [1.165, 1.54) is 0 Å². The minimum absolute atomic E-state index is 0.000478. The summed E-state index contributed by atoms with van der Waals surface area (Å²) in [5, 5.41) is 16.0. The van der Waals surface area contributed by atoms with E-state index in [0.29, 0.717) is 12.8 Å². The van der Waals surface area contributed by atoms with Crippen molar-refractivity contribution in [3.05, 3.63) is 0 Å². The molecule has 4 fully saturated rings. The van der Waals surface area contributed by atoms with E-state index in [1.807, 2.05) is 0 Å². The Hall–Kier alpha value is -0.760. The zero-order chi connectivity index (χ0) is 20.3. The predicted octanol–water partition coefficient (Wildman–Crippen LogP) is 3.40. The number of aliphatic hydroxyl groups excluding tert-OH is 1. The molecule has 0 aromatic heterocycles. The number of carbonyl (C=O) groups is 1. The predicted molar refractivity (Wildman–Crippen MR) is 75.6 cm³/mol. The van der Waals surface area contributed by atoms with Crippen molar-refractivity contribution in [1.82, 2.24) is 0 Å². The Morgan fingerprint density at radius 1 is 1.04 bits per heavy atom. The van der Waals surface area contributed by atoms with Crippen LogP contribution in [0.15, 0.2) is 0 Å². The van der Waals surface area contributed by atoms with E-state index in [9.17, 15) is 36.2 Å². The van der Waals surface area contributed by atoms with Crippen molar-refractivity contribution in [2.45, 2.75) is 60.9 Å². The van der Waals surface area contributed by atoms with Gasteiger partial charge < -0.3 is 9.84 Å². The Labute approximate surface area is 153 Å². The number of halogens is 6. The second-order valence-electron chi connectivity index (χ2n) is 7.43. The molecule has 4 saturated carbocycles. The molecule has 0 aromatic carbocycles. The first kappa shape index (κ1) is 21.0. The van der Waals surface area contributed by atoms with E-state index in [4.69, 9.17) is 9.99 Å². The van der Waals surface area contributed by atoms with Crippen molar-refractivity contribution in [2.75, 3.05) is 0 Å². The molecule has 0 amide bonds. The quantitative estimate of drug-likeness (QED) is 0.221. The van der Waals surface area contributed by atoms with Crippen molar-refractivity contribution >= 4 is 18.0 Å². The van der Waals surface area contributed by atoms with E-state index in [1.54, 1.807) is 0 Å². The van der Waals surface area contributed by atoms with Crippen LogP contribution in [0.3, 0.4) is 0 Å². The molecule has 2 N–H and O–H groups in total. The van der Waals surface area contributed by atoms with Gasteiger partial charge in [0.1, 0.15) is 5.60 Å². The summed E-state index contributed by atoms with van der Waals surface area (Å²) in [4.78, 5) is 12.2. The standard InChI is InChI=1S/C14H16F6O6S/c15-12(27-26-25-23,13(16,17)14(18,19)20)10(22)24-11-3-6-1-7(4-11)9(21)8(2-6)5-11/h6-9,21,23H,1-5H2. The van der Waals surface area contributed by atoms with Crippen LogP contribution in [0.1, 0.15) is 32.1 Å². The Kier molecular flexibility index (Phi) is 5.16. The van der Waals surface area contributed by atoms with Gasteiger partial charge in [0.25, 0.3) is 0 Å². The maximum atomic E-state index is 14.7. The summed E-state index contributed by atoms with van der Waals surface area (Å²) in [6, 6.07) is 0. The Morgan fingerprint density at radius 2 is 1.59 bits per heavy atom. The van der Waals surface area contributed by atoms with E-state index in [0.717, 1.165) is 0 Å². The van der Waals surface area contributed by atoms with Gasteiger partial charge in [0.05, 0.1) is 18.1 Å². The SMILES string of the molecule is O=C(OC12CC3CC(C1)C(O)C(C3)C2)C(F)(SOOO)C(F)(F)C(F)(F)F. The van der Waals surface area contributed by atoms with Crippen molar-refractivity contribution in [3.8, 4) is 0 Å². The third kappa shape index (κ3) is 3.30. The Bertz CT molecular complexity index is 587. The fourth-order valence-corrected chi connectivity index (χ4v) is 5.22. The van der Waals surface area contributed by atoms with Gasteiger partial charge in [-0.25, -0.2) is 14.4 Å². The highest BCUT2D eigenvalue weighted by atomic mass is 32.2. The van der Waals surface area contributed by atoms with Gasteiger partial charge in [-0.15, -0.1) is 4.33 Å². The van der Waals surface area contributed by atoms with Crippen LogP contribution in [-0.2, 0) is 18.9 Å². The second-order valence-corrected chi connectivity index (χ2v) is 8.29. The third-order valence-corrected chi connectivity index (χ3v) is 6.46. The number of hydrogen-bond donors (Lipinski definition) is 2. The van der Waals surface area contributed by atoms with Crippen LogP contribution < -0.4 is 0 Å². The fraction of sp³-hybridized carbons (Fsp3) is 0.929. The van der Waals surface area contributed by atoms with Crippen LogP contribution in [0.5, 0.6) is 0 Å². The maximum Gasteiger partial charge on any atom is 0.458 e. The lowest BCUT2D eigenvalue weighted by atomic mass is 9.53. The molecule has 4 rings (SSSR count). The van der Waals surface area contributed by atoms with Crippen molar-refractivity contribution in [3.63, 3.8) is 0 Å². The number of rotatable bonds is 6. The molecule has 27 heavy (non-hydrogen) atoms. The van der Waals surface area contributed by atoms with E-state index in [-0.39, 0.29) is 37.0 Å². The summed E-state index contributed by atoms with van der Waals surface area (Å²) in [6.07, 6.45) is -5.61. The smallest absolute Gasteiger partial charge is 0.456 e. The highest BCUT2D eigenvalue weighted by molar-refractivity contribution is 7.96. The number of esters is 1. The highest BCUT2D eigenvalue weighted by Gasteiger charge is 2.78. The number of carbonyl (C=O) groups excluding carboxylic acids is 1. The average Bonchev–Trinajstić information content (AvgIpc) is 2.55. The molecule has 0 heterocycles. The monoisotopic (exact) mass is 426 g/mol. The molecular weight excluding hydrogens is 410 g/mol. The lowest BCUT2D eigenvalue weighted by Gasteiger charge is -2.58. The summed E-state index contributed by atoms with van der Waals surface area (Å²) in [5.41, 5.74) is -1.42. The van der Waals surface area contributed by atoms with Crippen LogP contribution in [-0.4, -0.2) is 45.1 Å². The summed E-state index contributed by atoms with van der Waals surface area (Å²) in [7, 11) is 0. The maximum absolute atomic E-state index is 14.7. The van der Waals surface area contributed by atoms with E-state index >= 15 is 0 Å². The molecule has 4 bridgehead atoms. The first-order valence-corrected chi connectivity index (χ1v) is 8.80. The van der Waals surface area contributed by atoms with Crippen LogP contribution in [0, 0.1) is 17.8 Å². The zero-order valence-electron chi connectivity index (χ0n) is 13.5. The Balaban J connectivity index is 1.85. The third-order valence-electron chi connectivity index (χ3n) is 5.68. The molecule has 4 aliphatic carbocycles. The average molecular weight is 426 g/mol. The summed E-state index contributed by atoms with van der Waals surface area (Å²) in [6.45, 7) is 0. The van der Waals surface area contributed by atoms with Gasteiger partial charge >= 0.3 is 23.1 Å². The number of hydrogen-bond acceptors (Lipinski definition) is 7. The van der Waals surface area contributed by atoms with E-state index in [2.05, 4.69) is 9.37 Å². The number of ether oxygens (including phenoxy) is 1. The minimum Gasteiger partial charge on any atom is -0.456 e. The first-order chi connectivity index (χ1) is 12.4. The molecule has 4 aliphatic rings. The second kappa shape index (κ2) is 6.65. The lowest BCUT2D eigenvalue weighted by molar-refractivity contribution is -0.434. The number of aliphatic hydroxyl groups is 1. The largest absolute Gasteiger partial charge is 0.458 e. The Morgan fingerprint density at radius 3 is 2.07 bits per heavy atom. The van der Waals surface area contributed by atoms with Gasteiger partial charge in [-0.2, -0.15) is 22.0 Å². The molecule has 13 heteroatoms. The van der Waals surface area contributed by atoms with Gasteiger partial charge in [-0.3, -0.25) is 0 Å². The van der Waals surface area contributed by atoms with Gasteiger partial charge in [-0.1, -0.05) is 5.04 Å². The van der Waals surface area contributed by atoms with Gasteiger partial charge in [0.15, 0.2) is 0 Å². The van der Waals surface area contributed by atoms with Crippen molar-refractivity contribution in [2.24, 2.45) is 17.8 Å². The minimum atomic E-state index is -6.44. The molecule has 0 aromatic rings. The molecule has 3 unspecified atom stereocenters. The summed E-state index contributed by atoms with van der Waals surface area (Å²) in [5.74, 6) is -9.28. The van der Waals surface area contributed by atoms with Gasteiger partial charge in [-0.05, 0) is 49.9 Å². The first-order valence-electron chi connectivity index (χ1n) is 8.06. The molecule has 156 valence electrons. The summed E-state index contributed by atoms with van der Waals surface area (Å²) >= 11 is -1.34. The molecule has 0 aliphatic heterocycles. The highest BCUT2D eigenvalue weighted by Crippen LogP contribution is 2.59. The topological polar surface area (TPSA) is 85.2 Å². The molecule has 6 nitrogen and oxygen atoms in total. The molecular formula is C14H16F6O6S. The van der Waals surface area contributed by atoms with Crippen molar-refractivity contribution in [1.29, 1.82) is 0 Å². The van der Waals surface area contributed by atoms with Gasteiger partial charge in [0.2, 0.25) is 0 Å². The lowest BCUT2D eigenvalue weighted by Crippen LogP contribution is -2.62. The fourth-order valence-electron chi connectivity index (χ4n) is 4.77. The normalized spacial score (nSPS) is 37.9. The molecule has 0 radical (unpaired) electrons. The van der Waals surface area contributed by atoms with Crippen LogP contribution >= 0.6 is 12.0 Å². The molecule has 3 atom stereocenters. The van der Waals surface area contributed by atoms with Crippen LogP contribution in [0.25, 0.3) is 0 Å². The number of alkyl halides is 6. The van der Waals surface area contributed by atoms with E-state index < -0.39 is 46.8 Å². The molecule has 0 spiro atoms. The van der Waals surface area contributed by atoms with Gasteiger partial charge in [0, 0.05) is 0 Å². The van der Waals surface area contributed by atoms with Crippen LogP contribution in [0.4, 0.5) is 26.3 Å². The van der Waals surface area contributed by atoms with Crippen LogP contribution in [0.2, 0.25) is 0 Å². The van der Waals surface area contributed by atoms with Crippen molar-refractivity contribution < 1.29 is 55.6 Å². The summed E-state index contributed by atoms with van der Waals surface area (Å²) < 4.78 is 88.4. The molecule has 0 saturated heterocycles.